The van der Waals surface area contributed by atoms with E-state index in [1.807, 2.05) is 39.0 Å². The van der Waals surface area contributed by atoms with Crippen molar-refractivity contribution in [2.24, 2.45) is 0 Å². The van der Waals surface area contributed by atoms with Gasteiger partial charge in [-0.05, 0) is 62.6 Å². The lowest BCUT2D eigenvalue weighted by atomic mass is 10.1. The number of ether oxygens (including phenoxy) is 2. The fourth-order valence-corrected chi connectivity index (χ4v) is 2.76. The Labute approximate surface area is 180 Å². The summed E-state index contributed by atoms with van der Waals surface area (Å²) in [6, 6.07) is 10.7. The Morgan fingerprint density at radius 3 is 2.33 bits per heavy atom. The van der Waals surface area contributed by atoms with Crippen molar-refractivity contribution < 1.29 is 23.9 Å². The first-order valence-electron chi connectivity index (χ1n) is 9.39. The van der Waals surface area contributed by atoms with Gasteiger partial charge in [0.25, 0.3) is 5.91 Å². The maximum Gasteiger partial charge on any atom is 0.344 e. The van der Waals surface area contributed by atoms with E-state index in [4.69, 9.17) is 21.1 Å². The van der Waals surface area contributed by atoms with E-state index >= 15 is 0 Å². The van der Waals surface area contributed by atoms with Crippen molar-refractivity contribution in [1.29, 1.82) is 0 Å². The summed E-state index contributed by atoms with van der Waals surface area (Å²) in [7, 11) is 0. The van der Waals surface area contributed by atoms with Crippen LogP contribution in [0.5, 0.6) is 5.75 Å². The molecule has 8 heteroatoms. The summed E-state index contributed by atoms with van der Waals surface area (Å²) in [6.07, 6.45) is -1.07. The predicted octanol–water partition coefficient (Wildman–Crippen LogP) is 3.33. The average molecular weight is 433 g/mol. The number of para-hydroxylation sites is 1. The smallest absolute Gasteiger partial charge is 0.344 e. The molecule has 2 aromatic rings. The molecule has 0 saturated heterocycles. The van der Waals surface area contributed by atoms with Gasteiger partial charge in [-0.3, -0.25) is 9.59 Å². The molecule has 2 aromatic carbocycles. The van der Waals surface area contributed by atoms with E-state index in [0.29, 0.717) is 16.5 Å². The van der Waals surface area contributed by atoms with Gasteiger partial charge in [-0.25, -0.2) is 4.79 Å². The monoisotopic (exact) mass is 432 g/mol. The molecule has 0 aromatic heterocycles. The molecular formula is C22H25ClN2O5. The Balaban J connectivity index is 1.76. The second kappa shape index (κ2) is 10.6. The van der Waals surface area contributed by atoms with Crippen LogP contribution in [0, 0.1) is 20.8 Å². The number of benzene rings is 2. The first-order chi connectivity index (χ1) is 14.2. The van der Waals surface area contributed by atoms with E-state index in [1.165, 1.54) is 6.92 Å². The second-order valence-electron chi connectivity index (χ2n) is 6.86. The van der Waals surface area contributed by atoms with Crippen LogP contribution in [0.2, 0.25) is 5.02 Å². The van der Waals surface area contributed by atoms with Crippen molar-refractivity contribution in [1.82, 2.24) is 5.32 Å². The molecule has 1 atom stereocenters. The van der Waals surface area contributed by atoms with E-state index in [2.05, 4.69) is 10.6 Å². The van der Waals surface area contributed by atoms with Crippen LogP contribution in [0.15, 0.2) is 36.4 Å². The van der Waals surface area contributed by atoms with Gasteiger partial charge in [0.1, 0.15) is 5.75 Å². The number of esters is 1. The summed E-state index contributed by atoms with van der Waals surface area (Å²) in [5, 5.41) is 5.81. The molecule has 0 heterocycles. The second-order valence-corrected chi connectivity index (χ2v) is 7.27. The molecule has 30 heavy (non-hydrogen) atoms. The van der Waals surface area contributed by atoms with E-state index in [9.17, 15) is 14.4 Å². The summed E-state index contributed by atoms with van der Waals surface area (Å²) in [6.45, 7) is 6.41. The number of aryl methyl sites for hydroxylation is 3. The van der Waals surface area contributed by atoms with Crippen LogP contribution in [-0.2, 0) is 19.1 Å². The van der Waals surface area contributed by atoms with Gasteiger partial charge in [0.15, 0.2) is 12.7 Å². The van der Waals surface area contributed by atoms with Crippen molar-refractivity contribution in [2.75, 3.05) is 18.5 Å². The minimum absolute atomic E-state index is 0.241. The highest BCUT2D eigenvalue weighted by Crippen LogP contribution is 2.21. The quantitative estimate of drug-likeness (QED) is 0.624. The molecule has 0 spiro atoms. The van der Waals surface area contributed by atoms with Crippen LogP contribution < -0.4 is 15.4 Å². The molecular weight excluding hydrogens is 408 g/mol. The van der Waals surface area contributed by atoms with Crippen molar-refractivity contribution in [3.63, 3.8) is 0 Å². The SMILES string of the molecule is Cc1cc(OCC(=O)OC(C)C(=O)NCC(=O)Nc2c(C)cccc2C)ccc1Cl. The first-order valence-corrected chi connectivity index (χ1v) is 9.77. The van der Waals surface area contributed by atoms with Crippen LogP contribution in [-0.4, -0.2) is 37.0 Å². The van der Waals surface area contributed by atoms with E-state index < -0.39 is 18.0 Å². The van der Waals surface area contributed by atoms with Gasteiger partial charge in [-0.2, -0.15) is 0 Å². The highest BCUT2D eigenvalue weighted by atomic mass is 35.5. The molecule has 0 aliphatic carbocycles. The van der Waals surface area contributed by atoms with Gasteiger partial charge >= 0.3 is 5.97 Å². The van der Waals surface area contributed by atoms with Gasteiger partial charge < -0.3 is 20.1 Å². The predicted molar refractivity (Wildman–Crippen MR) is 115 cm³/mol. The molecule has 0 fully saturated rings. The zero-order valence-electron chi connectivity index (χ0n) is 17.4. The summed E-state index contributed by atoms with van der Waals surface area (Å²) in [5.41, 5.74) is 3.38. The summed E-state index contributed by atoms with van der Waals surface area (Å²) in [5.74, 6) is -1.19. The number of halogens is 1. The minimum atomic E-state index is -1.07. The van der Waals surface area contributed by atoms with Gasteiger partial charge in [0.05, 0.1) is 6.54 Å². The van der Waals surface area contributed by atoms with Gasteiger partial charge in [-0.1, -0.05) is 29.8 Å². The number of rotatable bonds is 8. The number of hydrogen-bond donors (Lipinski definition) is 2. The third kappa shape index (κ3) is 6.77. The van der Waals surface area contributed by atoms with Crippen LogP contribution in [0.1, 0.15) is 23.6 Å². The average Bonchev–Trinajstić information content (AvgIpc) is 2.69. The topological polar surface area (TPSA) is 93.7 Å². The van der Waals surface area contributed by atoms with E-state index in [-0.39, 0.29) is 19.1 Å². The number of hydrogen-bond acceptors (Lipinski definition) is 5. The van der Waals surface area contributed by atoms with E-state index in [1.54, 1.807) is 18.2 Å². The summed E-state index contributed by atoms with van der Waals surface area (Å²) in [4.78, 5) is 36.1. The van der Waals surface area contributed by atoms with Gasteiger partial charge in [0.2, 0.25) is 5.91 Å². The molecule has 1 unspecified atom stereocenters. The maximum atomic E-state index is 12.1. The van der Waals surface area contributed by atoms with Crippen LogP contribution in [0.3, 0.4) is 0 Å². The van der Waals surface area contributed by atoms with E-state index in [0.717, 1.165) is 16.7 Å². The molecule has 0 bridgehead atoms. The molecule has 2 rings (SSSR count). The minimum Gasteiger partial charge on any atom is -0.482 e. The van der Waals surface area contributed by atoms with Gasteiger partial charge in [0, 0.05) is 10.7 Å². The summed E-state index contributed by atoms with van der Waals surface area (Å²) >= 11 is 5.94. The number of carbonyl (C=O) groups excluding carboxylic acids is 3. The zero-order valence-corrected chi connectivity index (χ0v) is 18.1. The molecule has 2 amide bonds. The fourth-order valence-electron chi connectivity index (χ4n) is 2.64. The highest BCUT2D eigenvalue weighted by Gasteiger charge is 2.19. The lowest BCUT2D eigenvalue weighted by molar-refractivity contribution is -0.156. The number of nitrogens with one attached hydrogen (secondary N) is 2. The largest absolute Gasteiger partial charge is 0.482 e. The Hall–Kier alpha value is -3.06. The number of anilines is 1. The Kier molecular flexibility index (Phi) is 8.24. The van der Waals surface area contributed by atoms with Crippen molar-refractivity contribution in [2.45, 2.75) is 33.8 Å². The zero-order chi connectivity index (χ0) is 22.3. The third-order valence-electron chi connectivity index (χ3n) is 4.33. The first kappa shape index (κ1) is 23.2. The summed E-state index contributed by atoms with van der Waals surface area (Å²) < 4.78 is 10.4. The maximum absolute atomic E-state index is 12.1. The van der Waals surface area contributed by atoms with Crippen molar-refractivity contribution in [3.05, 3.63) is 58.1 Å². The Bertz CT molecular complexity index is 925. The lowest BCUT2D eigenvalue weighted by Crippen LogP contribution is -2.40. The molecule has 0 aliphatic rings. The van der Waals surface area contributed by atoms with Crippen LogP contribution >= 0.6 is 11.6 Å². The molecule has 0 saturated carbocycles. The highest BCUT2D eigenvalue weighted by molar-refractivity contribution is 6.31. The molecule has 0 aliphatic heterocycles. The standard InChI is InChI=1S/C22H25ClN2O5/c1-13-6-5-7-14(2)21(13)25-19(26)11-24-22(28)16(4)30-20(27)12-29-17-8-9-18(23)15(3)10-17/h5-10,16H,11-12H2,1-4H3,(H,24,28)(H,25,26). The lowest BCUT2D eigenvalue weighted by Gasteiger charge is -2.15. The Morgan fingerprint density at radius 1 is 1.03 bits per heavy atom. The Morgan fingerprint density at radius 2 is 1.70 bits per heavy atom. The number of amides is 2. The van der Waals surface area contributed by atoms with Crippen molar-refractivity contribution >= 4 is 35.1 Å². The molecule has 160 valence electrons. The third-order valence-corrected chi connectivity index (χ3v) is 4.76. The normalized spacial score (nSPS) is 11.4. The molecule has 2 N–H and O–H groups in total. The fraction of sp³-hybridized carbons (Fsp3) is 0.318. The van der Waals surface area contributed by atoms with Crippen LogP contribution in [0.4, 0.5) is 5.69 Å². The van der Waals surface area contributed by atoms with Gasteiger partial charge in [-0.15, -0.1) is 0 Å². The van der Waals surface area contributed by atoms with Crippen LogP contribution in [0.25, 0.3) is 0 Å². The number of carbonyl (C=O) groups is 3. The molecule has 7 nitrogen and oxygen atoms in total. The molecule has 0 radical (unpaired) electrons. The van der Waals surface area contributed by atoms with Crippen molar-refractivity contribution in [3.8, 4) is 5.75 Å².